The van der Waals surface area contributed by atoms with Gasteiger partial charge in [-0.2, -0.15) is 11.8 Å². The van der Waals surface area contributed by atoms with Gasteiger partial charge in [-0.25, -0.2) is 0 Å². The van der Waals surface area contributed by atoms with E-state index in [1.165, 1.54) is 5.56 Å². The number of methoxy groups -OCH3 is 1. The molecule has 0 aliphatic carbocycles. The van der Waals surface area contributed by atoms with Crippen LogP contribution in [0.3, 0.4) is 0 Å². The van der Waals surface area contributed by atoms with Crippen LogP contribution in [0.4, 0.5) is 0 Å². The standard InChI is InChI=1S/C20H25NO3S/c1-3-19(24-18-11-9-17(23-2)10-12-18)20(22)21-13-14-25-15-16-7-5-4-6-8-16/h4-12,19H,3,13-15H2,1-2H3,(H,21,22)/t19-/m0/s1. The molecule has 0 fully saturated rings. The van der Waals surface area contributed by atoms with Gasteiger partial charge in [-0.3, -0.25) is 4.79 Å². The van der Waals surface area contributed by atoms with Crippen molar-refractivity contribution < 1.29 is 14.3 Å². The maximum Gasteiger partial charge on any atom is 0.261 e. The van der Waals surface area contributed by atoms with Crippen LogP contribution in [0.1, 0.15) is 18.9 Å². The topological polar surface area (TPSA) is 47.6 Å². The molecule has 25 heavy (non-hydrogen) atoms. The third-order valence-electron chi connectivity index (χ3n) is 3.66. The van der Waals surface area contributed by atoms with Crippen LogP contribution < -0.4 is 14.8 Å². The van der Waals surface area contributed by atoms with Crippen molar-refractivity contribution in [3.63, 3.8) is 0 Å². The van der Waals surface area contributed by atoms with Crippen molar-refractivity contribution in [3.05, 3.63) is 60.2 Å². The Morgan fingerprint density at radius 2 is 1.76 bits per heavy atom. The molecule has 0 bridgehead atoms. The average molecular weight is 359 g/mol. The molecule has 0 aliphatic rings. The van der Waals surface area contributed by atoms with Gasteiger partial charge in [0.2, 0.25) is 0 Å². The van der Waals surface area contributed by atoms with Gasteiger partial charge in [0.25, 0.3) is 5.91 Å². The Balaban J connectivity index is 1.70. The van der Waals surface area contributed by atoms with E-state index in [0.29, 0.717) is 18.7 Å². The summed E-state index contributed by atoms with van der Waals surface area (Å²) in [6.07, 6.45) is 0.141. The van der Waals surface area contributed by atoms with Crippen molar-refractivity contribution in [2.24, 2.45) is 0 Å². The normalized spacial score (nSPS) is 11.6. The number of hydrogen-bond donors (Lipinski definition) is 1. The van der Waals surface area contributed by atoms with Crippen LogP contribution in [-0.2, 0) is 10.5 Å². The van der Waals surface area contributed by atoms with Crippen LogP contribution in [-0.4, -0.2) is 31.4 Å². The highest BCUT2D eigenvalue weighted by atomic mass is 32.2. The van der Waals surface area contributed by atoms with Crippen LogP contribution in [0.2, 0.25) is 0 Å². The lowest BCUT2D eigenvalue weighted by Gasteiger charge is -2.17. The first-order valence-corrected chi connectivity index (χ1v) is 9.58. The monoisotopic (exact) mass is 359 g/mol. The van der Waals surface area contributed by atoms with Crippen LogP contribution in [0.5, 0.6) is 11.5 Å². The number of nitrogens with one attached hydrogen (secondary N) is 1. The number of carbonyl (C=O) groups is 1. The lowest BCUT2D eigenvalue weighted by Crippen LogP contribution is -2.39. The Morgan fingerprint density at radius 3 is 2.40 bits per heavy atom. The summed E-state index contributed by atoms with van der Waals surface area (Å²) >= 11 is 1.81. The Morgan fingerprint density at radius 1 is 1.08 bits per heavy atom. The number of hydrogen-bond acceptors (Lipinski definition) is 4. The van der Waals surface area contributed by atoms with E-state index in [-0.39, 0.29) is 5.91 Å². The molecule has 0 aromatic heterocycles. The molecule has 4 nitrogen and oxygen atoms in total. The summed E-state index contributed by atoms with van der Waals surface area (Å²) in [7, 11) is 1.62. The van der Waals surface area contributed by atoms with E-state index in [9.17, 15) is 4.79 Å². The van der Waals surface area contributed by atoms with E-state index in [0.717, 1.165) is 17.3 Å². The molecule has 1 atom stereocenters. The van der Waals surface area contributed by atoms with Crippen molar-refractivity contribution in [2.75, 3.05) is 19.4 Å². The maximum absolute atomic E-state index is 12.3. The average Bonchev–Trinajstić information content (AvgIpc) is 2.67. The largest absolute Gasteiger partial charge is 0.497 e. The van der Waals surface area contributed by atoms with Gasteiger partial charge in [-0.1, -0.05) is 37.3 Å². The number of carbonyl (C=O) groups excluding carboxylic acids is 1. The molecule has 1 amide bonds. The number of amides is 1. The molecule has 2 aromatic carbocycles. The van der Waals surface area contributed by atoms with E-state index >= 15 is 0 Å². The third-order valence-corrected chi connectivity index (χ3v) is 4.69. The molecule has 5 heteroatoms. The van der Waals surface area contributed by atoms with Crippen LogP contribution in [0, 0.1) is 0 Å². The highest BCUT2D eigenvalue weighted by molar-refractivity contribution is 7.98. The fourth-order valence-electron chi connectivity index (χ4n) is 2.27. The van der Waals surface area contributed by atoms with Gasteiger partial charge in [-0.05, 0) is 36.2 Å². The van der Waals surface area contributed by atoms with E-state index in [1.807, 2.05) is 49.4 Å². The zero-order valence-corrected chi connectivity index (χ0v) is 15.6. The molecule has 0 saturated carbocycles. The highest BCUT2D eigenvalue weighted by Crippen LogP contribution is 2.19. The third kappa shape index (κ3) is 6.70. The number of benzene rings is 2. The molecule has 0 unspecified atom stereocenters. The molecule has 2 rings (SSSR count). The van der Waals surface area contributed by atoms with Gasteiger partial charge >= 0.3 is 0 Å². The Labute approximate surface area is 153 Å². The second-order valence-electron chi connectivity index (χ2n) is 5.52. The second kappa shape index (κ2) is 10.7. The van der Waals surface area contributed by atoms with Crippen molar-refractivity contribution in [3.8, 4) is 11.5 Å². The fraction of sp³-hybridized carbons (Fsp3) is 0.350. The van der Waals surface area contributed by atoms with Gasteiger partial charge in [0.1, 0.15) is 11.5 Å². The van der Waals surface area contributed by atoms with E-state index in [4.69, 9.17) is 9.47 Å². The summed E-state index contributed by atoms with van der Waals surface area (Å²) < 4.78 is 10.9. The molecule has 0 saturated heterocycles. The van der Waals surface area contributed by atoms with Crippen LogP contribution >= 0.6 is 11.8 Å². The predicted octanol–water partition coefficient (Wildman–Crippen LogP) is 3.90. The van der Waals surface area contributed by atoms with Crippen molar-refractivity contribution >= 4 is 17.7 Å². The zero-order chi connectivity index (χ0) is 17.9. The summed E-state index contributed by atoms with van der Waals surface area (Å²) in [6, 6.07) is 17.6. The van der Waals surface area contributed by atoms with Crippen molar-refractivity contribution in [2.45, 2.75) is 25.2 Å². The van der Waals surface area contributed by atoms with Gasteiger partial charge < -0.3 is 14.8 Å². The SMILES string of the molecule is CC[C@H](Oc1ccc(OC)cc1)C(=O)NCCSCc1ccccc1. The summed E-state index contributed by atoms with van der Waals surface area (Å²) in [6.45, 7) is 2.58. The second-order valence-corrected chi connectivity index (χ2v) is 6.62. The fourth-order valence-corrected chi connectivity index (χ4v) is 3.08. The Kier molecular flexibility index (Phi) is 8.19. The summed E-state index contributed by atoms with van der Waals surface area (Å²) in [4.78, 5) is 12.3. The van der Waals surface area contributed by atoms with E-state index in [2.05, 4.69) is 17.4 Å². The van der Waals surface area contributed by atoms with Gasteiger partial charge in [0.15, 0.2) is 6.10 Å². The lowest BCUT2D eigenvalue weighted by atomic mass is 10.2. The molecular formula is C20H25NO3S. The number of rotatable bonds is 10. The summed E-state index contributed by atoms with van der Waals surface area (Å²) in [5.74, 6) is 3.19. The van der Waals surface area contributed by atoms with Crippen molar-refractivity contribution in [1.29, 1.82) is 0 Å². The number of thioether (sulfide) groups is 1. The van der Waals surface area contributed by atoms with Gasteiger partial charge in [0.05, 0.1) is 7.11 Å². The number of ether oxygens (including phenoxy) is 2. The molecule has 1 N–H and O–H groups in total. The van der Waals surface area contributed by atoms with Gasteiger partial charge in [0, 0.05) is 18.1 Å². The lowest BCUT2D eigenvalue weighted by molar-refractivity contribution is -0.127. The minimum Gasteiger partial charge on any atom is -0.497 e. The first kappa shape index (κ1) is 19.2. The Bertz CT molecular complexity index is 631. The van der Waals surface area contributed by atoms with Gasteiger partial charge in [-0.15, -0.1) is 0 Å². The first-order chi connectivity index (χ1) is 12.2. The quantitative estimate of drug-likeness (QED) is 0.654. The summed E-state index contributed by atoms with van der Waals surface area (Å²) in [5, 5.41) is 2.95. The first-order valence-electron chi connectivity index (χ1n) is 8.43. The van der Waals surface area contributed by atoms with Crippen LogP contribution in [0.15, 0.2) is 54.6 Å². The molecular weight excluding hydrogens is 334 g/mol. The highest BCUT2D eigenvalue weighted by Gasteiger charge is 2.17. The predicted molar refractivity (Wildman–Crippen MR) is 103 cm³/mol. The minimum atomic E-state index is -0.479. The molecule has 134 valence electrons. The Hall–Kier alpha value is -2.14. The van der Waals surface area contributed by atoms with Crippen LogP contribution in [0.25, 0.3) is 0 Å². The minimum absolute atomic E-state index is 0.0707. The van der Waals surface area contributed by atoms with Crippen molar-refractivity contribution in [1.82, 2.24) is 5.32 Å². The van der Waals surface area contributed by atoms with E-state index in [1.54, 1.807) is 18.9 Å². The molecule has 0 aliphatic heterocycles. The molecule has 0 radical (unpaired) electrons. The molecule has 2 aromatic rings. The molecule has 0 spiro atoms. The molecule has 0 heterocycles. The van der Waals surface area contributed by atoms with E-state index < -0.39 is 6.10 Å². The zero-order valence-electron chi connectivity index (χ0n) is 14.7. The smallest absolute Gasteiger partial charge is 0.261 e. The maximum atomic E-state index is 12.3. The summed E-state index contributed by atoms with van der Waals surface area (Å²) in [5.41, 5.74) is 1.30.